The smallest absolute Gasteiger partial charge is 0.260 e. The minimum Gasteiger partial charge on any atom is -0.496 e. The molecule has 3 aromatic rings. The van der Waals surface area contributed by atoms with Crippen molar-refractivity contribution in [3.05, 3.63) is 45.3 Å². The van der Waals surface area contributed by atoms with E-state index in [1.165, 1.54) is 11.3 Å². The van der Waals surface area contributed by atoms with Crippen LogP contribution in [-0.4, -0.2) is 17.1 Å². The van der Waals surface area contributed by atoms with Crippen LogP contribution in [0, 0.1) is 6.92 Å². The fourth-order valence-electron chi connectivity index (χ4n) is 2.58. The standard InChI is InChI=1S/C17H18N2O2S/c1-4-5-14-18-16(20)15-12(9-22-17(15)19-14)11-8-10(2)6-7-13(11)21-3/h6-9H,4-5H2,1-3H3,(H,18,19,20). The summed E-state index contributed by atoms with van der Waals surface area (Å²) in [6.45, 7) is 4.10. The molecule has 114 valence electrons. The van der Waals surface area contributed by atoms with E-state index in [4.69, 9.17) is 4.74 Å². The van der Waals surface area contributed by atoms with Crippen LogP contribution in [0.1, 0.15) is 24.7 Å². The first kappa shape index (κ1) is 14.8. The average Bonchev–Trinajstić information content (AvgIpc) is 2.92. The van der Waals surface area contributed by atoms with Gasteiger partial charge in [-0.15, -0.1) is 11.3 Å². The molecule has 0 saturated heterocycles. The van der Waals surface area contributed by atoms with E-state index in [-0.39, 0.29) is 5.56 Å². The molecule has 1 N–H and O–H groups in total. The predicted octanol–water partition coefficient (Wildman–Crippen LogP) is 3.92. The van der Waals surface area contributed by atoms with Gasteiger partial charge in [-0.3, -0.25) is 4.79 Å². The first-order valence-corrected chi connectivity index (χ1v) is 8.17. The maximum atomic E-state index is 12.5. The molecule has 1 aromatic carbocycles. The molecule has 0 aliphatic heterocycles. The molecule has 0 saturated carbocycles. The Kier molecular flexibility index (Phi) is 3.98. The zero-order chi connectivity index (χ0) is 15.7. The van der Waals surface area contributed by atoms with Crippen LogP contribution in [0.2, 0.25) is 0 Å². The second kappa shape index (κ2) is 5.93. The number of hydrogen-bond acceptors (Lipinski definition) is 4. The van der Waals surface area contributed by atoms with Gasteiger partial charge in [0.25, 0.3) is 5.56 Å². The zero-order valence-corrected chi connectivity index (χ0v) is 13.7. The molecular weight excluding hydrogens is 296 g/mol. The summed E-state index contributed by atoms with van der Waals surface area (Å²) in [5.41, 5.74) is 2.87. The van der Waals surface area contributed by atoms with Gasteiger partial charge in [-0.2, -0.15) is 0 Å². The van der Waals surface area contributed by atoms with Gasteiger partial charge in [-0.1, -0.05) is 18.6 Å². The first-order chi connectivity index (χ1) is 10.6. The Morgan fingerprint density at radius 3 is 2.86 bits per heavy atom. The number of methoxy groups -OCH3 is 1. The first-order valence-electron chi connectivity index (χ1n) is 7.29. The minimum absolute atomic E-state index is 0.0757. The van der Waals surface area contributed by atoms with E-state index in [0.29, 0.717) is 5.39 Å². The fraction of sp³-hybridized carbons (Fsp3) is 0.294. The van der Waals surface area contributed by atoms with Crippen molar-refractivity contribution in [3.8, 4) is 16.9 Å². The number of aryl methyl sites for hydroxylation is 2. The SMILES string of the molecule is CCCc1nc2scc(-c3cc(C)ccc3OC)c2c(=O)[nH]1. The Labute approximate surface area is 132 Å². The van der Waals surface area contributed by atoms with Gasteiger partial charge in [-0.05, 0) is 25.5 Å². The number of aromatic amines is 1. The van der Waals surface area contributed by atoms with Crippen molar-refractivity contribution >= 4 is 21.6 Å². The van der Waals surface area contributed by atoms with E-state index in [2.05, 4.69) is 16.9 Å². The molecule has 2 heterocycles. The lowest BCUT2D eigenvalue weighted by Crippen LogP contribution is -2.11. The van der Waals surface area contributed by atoms with Crippen molar-refractivity contribution in [2.75, 3.05) is 7.11 Å². The van der Waals surface area contributed by atoms with Gasteiger partial charge in [0.2, 0.25) is 0 Å². The zero-order valence-electron chi connectivity index (χ0n) is 12.9. The monoisotopic (exact) mass is 314 g/mol. The van der Waals surface area contributed by atoms with Crippen LogP contribution in [0.5, 0.6) is 5.75 Å². The van der Waals surface area contributed by atoms with Crippen molar-refractivity contribution in [2.24, 2.45) is 0 Å². The number of ether oxygens (including phenoxy) is 1. The average molecular weight is 314 g/mol. The number of hydrogen-bond donors (Lipinski definition) is 1. The van der Waals surface area contributed by atoms with Crippen molar-refractivity contribution in [1.29, 1.82) is 0 Å². The molecule has 0 spiro atoms. The highest BCUT2D eigenvalue weighted by Crippen LogP contribution is 2.37. The summed E-state index contributed by atoms with van der Waals surface area (Å²) >= 11 is 1.50. The van der Waals surface area contributed by atoms with Crippen LogP contribution in [-0.2, 0) is 6.42 Å². The highest BCUT2D eigenvalue weighted by molar-refractivity contribution is 7.17. The number of fused-ring (bicyclic) bond motifs is 1. The van der Waals surface area contributed by atoms with E-state index in [1.54, 1.807) is 7.11 Å². The van der Waals surface area contributed by atoms with Crippen molar-refractivity contribution < 1.29 is 4.74 Å². The van der Waals surface area contributed by atoms with Crippen LogP contribution >= 0.6 is 11.3 Å². The van der Waals surface area contributed by atoms with E-state index < -0.39 is 0 Å². The number of rotatable bonds is 4. The summed E-state index contributed by atoms with van der Waals surface area (Å²) in [5, 5.41) is 2.63. The van der Waals surface area contributed by atoms with E-state index in [9.17, 15) is 4.79 Å². The fourth-order valence-corrected chi connectivity index (χ4v) is 3.54. The Morgan fingerprint density at radius 1 is 1.32 bits per heavy atom. The quantitative estimate of drug-likeness (QED) is 0.794. The second-order valence-corrected chi connectivity index (χ2v) is 6.15. The van der Waals surface area contributed by atoms with Crippen LogP contribution in [0.4, 0.5) is 0 Å². The normalized spacial score (nSPS) is 11.0. The molecule has 0 unspecified atom stereocenters. The van der Waals surface area contributed by atoms with Crippen molar-refractivity contribution in [1.82, 2.24) is 9.97 Å². The second-order valence-electron chi connectivity index (χ2n) is 5.30. The minimum atomic E-state index is -0.0757. The molecule has 5 heteroatoms. The van der Waals surface area contributed by atoms with Gasteiger partial charge in [0.05, 0.1) is 12.5 Å². The van der Waals surface area contributed by atoms with Gasteiger partial charge in [0.15, 0.2) is 0 Å². The summed E-state index contributed by atoms with van der Waals surface area (Å²) in [4.78, 5) is 20.7. The summed E-state index contributed by atoms with van der Waals surface area (Å²) in [7, 11) is 1.64. The summed E-state index contributed by atoms with van der Waals surface area (Å²) in [5.74, 6) is 1.52. The van der Waals surface area contributed by atoms with Gasteiger partial charge in [0.1, 0.15) is 16.4 Å². The number of nitrogens with one attached hydrogen (secondary N) is 1. The third kappa shape index (κ3) is 2.52. The maximum absolute atomic E-state index is 12.5. The van der Waals surface area contributed by atoms with Crippen LogP contribution < -0.4 is 10.3 Å². The third-order valence-corrected chi connectivity index (χ3v) is 4.50. The maximum Gasteiger partial charge on any atom is 0.260 e. The summed E-state index contributed by atoms with van der Waals surface area (Å²) in [6.07, 6.45) is 1.74. The van der Waals surface area contributed by atoms with Crippen LogP contribution in [0.15, 0.2) is 28.4 Å². The Morgan fingerprint density at radius 2 is 2.14 bits per heavy atom. The largest absolute Gasteiger partial charge is 0.496 e. The van der Waals surface area contributed by atoms with Gasteiger partial charge < -0.3 is 9.72 Å². The van der Waals surface area contributed by atoms with Gasteiger partial charge in [-0.25, -0.2) is 4.98 Å². The molecular formula is C17H18N2O2S. The molecule has 0 fully saturated rings. The predicted molar refractivity (Wildman–Crippen MR) is 91.0 cm³/mol. The molecule has 22 heavy (non-hydrogen) atoms. The number of thiophene rings is 1. The van der Waals surface area contributed by atoms with E-state index in [1.807, 2.05) is 30.5 Å². The Bertz CT molecular complexity index is 880. The molecule has 2 aromatic heterocycles. The molecule has 0 aliphatic carbocycles. The molecule has 0 aliphatic rings. The molecule has 3 rings (SSSR count). The summed E-state index contributed by atoms with van der Waals surface area (Å²) in [6, 6.07) is 5.97. The number of aromatic nitrogens is 2. The Balaban J connectivity index is 2.25. The van der Waals surface area contributed by atoms with Crippen molar-refractivity contribution in [2.45, 2.75) is 26.7 Å². The van der Waals surface area contributed by atoms with E-state index in [0.717, 1.165) is 45.9 Å². The molecule has 0 bridgehead atoms. The van der Waals surface area contributed by atoms with Crippen molar-refractivity contribution in [3.63, 3.8) is 0 Å². The third-order valence-electron chi connectivity index (χ3n) is 3.62. The highest BCUT2D eigenvalue weighted by Gasteiger charge is 2.16. The summed E-state index contributed by atoms with van der Waals surface area (Å²) < 4.78 is 5.45. The van der Waals surface area contributed by atoms with E-state index >= 15 is 0 Å². The molecule has 0 atom stereocenters. The van der Waals surface area contributed by atoms with Crippen LogP contribution in [0.25, 0.3) is 21.3 Å². The number of nitrogens with zero attached hydrogens (tertiary/aromatic N) is 1. The molecule has 0 radical (unpaired) electrons. The number of benzene rings is 1. The Hall–Kier alpha value is -2.14. The lowest BCUT2D eigenvalue weighted by Gasteiger charge is -2.08. The number of H-pyrrole nitrogens is 1. The molecule has 4 nitrogen and oxygen atoms in total. The molecule has 0 amide bonds. The van der Waals surface area contributed by atoms with Gasteiger partial charge >= 0.3 is 0 Å². The lowest BCUT2D eigenvalue weighted by molar-refractivity contribution is 0.416. The lowest BCUT2D eigenvalue weighted by atomic mass is 10.0. The highest BCUT2D eigenvalue weighted by atomic mass is 32.1. The topological polar surface area (TPSA) is 55.0 Å². The van der Waals surface area contributed by atoms with Crippen LogP contribution in [0.3, 0.4) is 0 Å². The van der Waals surface area contributed by atoms with Gasteiger partial charge in [0, 0.05) is 22.9 Å².